The van der Waals surface area contributed by atoms with Gasteiger partial charge < -0.3 is 5.73 Å². The molecule has 0 aliphatic rings. The zero-order chi connectivity index (χ0) is 9.19. The van der Waals surface area contributed by atoms with Gasteiger partial charge >= 0.3 is 0 Å². The first-order chi connectivity index (χ1) is 5.58. The van der Waals surface area contributed by atoms with Gasteiger partial charge in [0.05, 0.1) is 4.88 Å². The summed E-state index contributed by atoms with van der Waals surface area (Å²) in [5.41, 5.74) is 5.07. The van der Waals surface area contributed by atoms with E-state index in [1.807, 2.05) is 31.4 Å². The van der Waals surface area contributed by atoms with E-state index in [0.717, 1.165) is 4.88 Å². The Hall–Kier alpha value is -0.670. The van der Waals surface area contributed by atoms with E-state index >= 15 is 0 Å². The molecule has 0 aliphatic carbocycles. The van der Waals surface area contributed by atoms with Crippen LogP contribution in [0.25, 0.3) is 0 Å². The van der Waals surface area contributed by atoms with Gasteiger partial charge in [0, 0.05) is 12.0 Å². The van der Waals surface area contributed by atoms with Crippen LogP contribution in [0.5, 0.6) is 0 Å². The molecule has 3 heteroatoms. The van der Waals surface area contributed by atoms with Crippen molar-refractivity contribution in [1.82, 2.24) is 0 Å². The van der Waals surface area contributed by atoms with Gasteiger partial charge in [-0.2, -0.15) is 0 Å². The first-order valence-electron chi connectivity index (χ1n) is 3.86. The third-order valence-corrected chi connectivity index (χ3v) is 2.74. The van der Waals surface area contributed by atoms with Crippen LogP contribution in [0.3, 0.4) is 0 Å². The van der Waals surface area contributed by atoms with E-state index in [1.54, 1.807) is 0 Å². The Bertz CT molecular complexity index is 264. The zero-order valence-electron chi connectivity index (χ0n) is 7.33. The second-order valence-corrected chi connectivity index (χ2v) is 4.34. The SMILES string of the molecule is CC(C)(CN)C(=O)c1cccs1. The highest BCUT2D eigenvalue weighted by atomic mass is 32.1. The van der Waals surface area contributed by atoms with Crippen LogP contribution < -0.4 is 5.73 Å². The van der Waals surface area contributed by atoms with Crippen molar-refractivity contribution in [2.75, 3.05) is 6.54 Å². The van der Waals surface area contributed by atoms with Crippen molar-refractivity contribution < 1.29 is 4.79 Å². The van der Waals surface area contributed by atoms with Crippen LogP contribution in [0, 0.1) is 5.41 Å². The third kappa shape index (κ3) is 1.73. The molecule has 0 fully saturated rings. The van der Waals surface area contributed by atoms with E-state index in [1.165, 1.54) is 11.3 Å². The Morgan fingerprint density at radius 2 is 2.33 bits per heavy atom. The minimum absolute atomic E-state index is 0.139. The summed E-state index contributed by atoms with van der Waals surface area (Å²) in [6.07, 6.45) is 0. The van der Waals surface area contributed by atoms with E-state index in [0.29, 0.717) is 6.54 Å². The topological polar surface area (TPSA) is 43.1 Å². The molecule has 1 heterocycles. The highest BCUT2D eigenvalue weighted by Crippen LogP contribution is 2.22. The highest BCUT2D eigenvalue weighted by molar-refractivity contribution is 7.12. The summed E-state index contributed by atoms with van der Waals surface area (Å²) in [5.74, 6) is 0.139. The molecule has 2 N–H and O–H groups in total. The summed E-state index contributed by atoms with van der Waals surface area (Å²) in [7, 11) is 0. The molecule has 0 unspecified atom stereocenters. The number of carbonyl (C=O) groups is 1. The summed E-state index contributed by atoms with van der Waals surface area (Å²) < 4.78 is 0. The molecule has 1 aromatic rings. The van der Waals surface area contributed by atoms with Crippen LogP contribution in [0.15, 0.2) is 17.5 Å². The first kappa shape index (κ1) is 9.42. The van der Waals surface area contributed by atoms with Crippen molar-refractivity contribution in [2.45, 2.75) is 13.8 Å². The molecule has 0 spiro atoms. The standard InChI is InChI=1S/C9H13NOS/c1-9(2,6-10)8(11)7-4-3-5-12-7/h3-5H,6,10H2,1-2H3. The molecule has 0 bridgehead atoms. The number of rotatable bonds is 3. The largest absolute Gasteiger partial charge is 0.329 e. The fraction of sp³-hybridized carbons (Fsp3) is 0.444. The Kier molecular flexibility index (Phi) is 2.65. The highest BCUT2D eigenvalue weighted by Gasteiger charge is 2.27. The van der Waals surface area contributed by atoms with Crippen LogP contribution in [-0.4, -0.2) is 12.3 Å². The van der Waals surface area contributed by atoms with E-state index in [4.69, 9.17) is 5.73 Å². The average molecular weight is 183 g/mol. The zero-order valence-corrected chi connectivity index (χ0v) is 8.15. The number of Topliss-reactive ketones (excluding diaryl/α,β-unsaturated/α-hetero) is 1. The maximum Gasteiger partial charge on any atom is 0.179 e. The Morgan fingerprint density at radius 3 is 2.75 bits per heavy atom. The maximum atomic E-state index is 11.7. The summed E-state index contributed by atoms with van der Waals surface area (Å²) in [6.45, 7) is 4.13. The second kappa shape index (κ2) is 3.37. The normalized spacial score (nSPS) is 11.6. The number of carbonyl (C=O) groups excluding carboxylic acids is 1. The van der Waals surface area contributed by atoms with E-state index in [9.17, 15) is 4.79 Å². The van der Waals surface area contributed by atoms with Crippen molar-refractivity contribution in [3.63, 3.8) is 0 Å². The first-order valence-corrected chi connectivity index (χ1v) is 4.74. The van der Waals surface area contributed by atoms with Crippen LogP contribution in [0.4, 0.5) is 0 Å². The van der Waals surface area contributed by atoms with Crippen LogP contribution in [0.2, 0.25) is 0 Å². The van der Waals surface area contributed by atoms with Gasteiger partial charge in [0.25, 0.3) is 0 Å². The Morgan fingerprint density at radius 1 is 1.67 bits per heavy atom. The molecule has 0 saturated carbocycles. The van der Waals surface area contributed by atoms with Crippen molar-refractivity contribution >= 4 is 17.1 Å². The molecule has 12 heavy (non-hydrogen) atoms. The van der Waals surface area contributed by atoms with Crippen molar-refractivity contribution in [3.05, 3.63) is 22.4 Å². The quantitative estimate of drug-likeness (QED) is 0.727. The van der Waals surface area contributed by atoms with Gasteiger partial charge in [-0.1, -0.05) is 19.9 Å². The van der Waals surface area contributed by atoms with Crippen molar-refractivity contribution in [1.29, 1.82) is 0 Å². The smallest absolute Gasteiger partial charge is 0.179 e. The average Bonchev–Trinajstić information content (AvgIpc) is 2.55. The molecule has 0 saturated heterocycles. The molecule has 1 rings (SSSR count). The molecule has 0 radical (unpaired) electrons. The minimum atomic E-state index is -0.426. The Labute approximate surface area is 76.4 Å². The molecule has 0 aromatic carbocycles. The van der Waals surface area contributed by atoms with Crippen LogP contribution >= 0.6 is 11.3 Å². The molecule has 0 aliphatic heterocycles. The lowest BCUT2D eigenvalue weighted by Gasteiger charge is -2.19. The fourth-order valence-corrected chi connectivity index (χ4v) is 1.68. The van der Waals surface area contributed by atoms with Gasteiger partial charge in [-0.25, -0.2) is 0 Å². The van der Waals surface area contributed by atoms with Gasteiger partial charge in [-0.3, -0.25) is 4.79 Å². The Balaban J connectivity index is 2.86. The maximum absolute atomic E-state index is 11.7. The van der Waals surface area contributed by atoms with Gasteiger partial charge in [0.2, 0.25) is 0 Å². The number of hydrogen-bond acceptors (Lipinski definition) is 3. The minimum Gasteiger partial charge on any atom is -0.329 e. The van der Waals surface area contributed by atoms with E-state index < -0.39 is 5.41 Å². The number of ketones is 1. The lowest BCUT2D eigenvalue weighted by molar-refractivity contribution is 0.0852. The van der Waals surface area contributed by atoms with Crippen LogP contribution in [-0.2, 0) is 0 Å². The molecule has 66 valence electrons. The second-order valence-electron chi connectivity index (χ2n) is 3.39. The number of hydrogen-bond donors (Lipinski definition) is 1. The van der Waals surface area contributed by atoms with Crippen LogP contribution in [0.1, 0.15) is 23.5 Å². The predicted octanol–water partition coefficient (Wildman–Crippen LogP) is 1.92. The monoisotopic (exact) mass is 183 g/mol. The summed E-state index contributed by atoms with van der Waals surface area (Å²) in [4.78, 5) is 12.5. The third-order valence-electron chi connectivity index (χ3n) is 1.87. The lowest BCUT2D eigenvalue weighted by atomic mass is 9.87. The van der Waals surface area contributed by atoms with Gasteiger partial charge in [-0.05, 0) is 11.4 Å². The molecular formula is C9H13NOS. The molecule has 0 amide bonds. The summed E-state index contributed by atoms with van der Waals surface area (Å²) in [5, 5.41) is 1.90. The van der Waals surface area contributed by atoms with Crippen molar-refractivity contribution in [2.24, 2.45) is 11.1 Å². The van der Waals surface area contributed by atoms with Gasteiger partial charge in [0.15, 0.2) is 5.78 Å². The number of thiophene rings is 1. The summed E-state index contributed by atoms with van der Waals surface area (Å²) >= 11 is 1.47. The molecule has 1 aromatic heterocycles. The molecular weight excluding hydrogens is 170 g/mol. The van der Waals surface area contributed by atoms with E-state index in [2.05, 4.69) is 0 Å². The van der Waals surface area contributed by atoms with Gasteiger partial charge in [-0.15, -0.1) is 11.3 Å². The molecule has 2 nitrogen and oxygen atoms in total. The predicted molar refractivity (Wildman–Crippen MR) is 51.5 cm³/mol. The molecule has 0 atom stereocenters. The summed E-state index contributed by atoms with van der Waals surface area (Å²) in [6, 6.07) is 3.72. The lowest BCUT2D eigenvalue weighted by Crippen LogP contribution is -2.32. The van der Waals surface area contributed by atoms with E-state index in [-0.39, 0.29) is 5.78 Å². The van der Waals surface area contributed by atoms with Crippen molar-refractivity contribution in [3.8, 4) is 0 Å². The number of nitrogens with two attached hydrogens (primary N) is 1. The van der Waals surface area contributed by atoms with Gasteiger partial charge in [0.1, 0.15) is 0 Å². The fourth-order valence-electron chi connectivity index (χ4n) is 0.834.